The van der Waals surface area contributed by atoms with E-state index in [2.05, 4.69) is 10.2 Å². The van der Waals surface area contributed by atoms with Crippen molar-refractivity contribution in [2.45, 2.75) is 46.3 Å². The molecule has 164 valence electrons. The number of aryl methyl sites for hydroxylation is 1. The molecule has 0 amide bonds. The lowest BCUT2D eigenvalue weighted by Crippen LogP contribution is -2.27. The van der Waals surface area contributed by atoms with Crippen molar-refractivity contribution in [3.8, 4) is 22.5 Å². The van der Waals surface area contributed by atoms with Crippen LogP contribution in [-0.2, 0) is 9.53 Å². The van der Waals surface area contributed by atoms with Crippen LogP contribution in [0.1, 0.15) is 44.9 Å². The molecule has 0 radical (unpaired) electrons. The lowest BCUT2D eigenvalue weighted by atomic mass is 9.87. The number of carbonyl (C=O) groups excluding carboxylic acids is 1. The highest BCUT2D eigenvalue weighted by Gasteiger charge is 2.29. The van der Waals surface area contributed by atoms with Crippen LogP contribution in [-0.4, -0.2) is 26.6 Å². The zero-order valence-electron chi connectivity index (χ0n) is 18.9. The van der Waals surface area contributed by atoms with Crippen molar-refractivity contribution in [1.82, 2.24) is 15.2 Å². The number of rotatable bonds is 5. The van der Waals surface area contributed by atoms with Crippen molar-refractivity contribution in [1.29, 1.82) is 0 Å². The van der Waals surface area contributed by atoms with Gasteiger partial charge in [0.1, 0.15) is 6.10 Å². The first-order chi connectivity index (χ1) is 15.1. The van der Waals surface area contributed by atoms with Gasteiger partial charge in [0.25, 0.3) is 0 Å². The van der Waals surface area contributed by atoms with Gasteiger partial charge in [0, 0.05) is 16.6 Å². The van der Waals surface area contributed by atoms with Crippen molar-refractivity contribution in [2.75, 3.05) is 0 Å². The summed E-state index contributed by atoms with van der Waals surface area (Å²) < 4.78 is 6.27. The van der Waals surface area contributed by atoms with Crippen LogP contribution in [0.25, 0.3) is 33.4 Å². The van der Waals surface area contributed by atoms with Gasteiger partial charge in [-0.2, -0.15) is 5.10 Å². The highest BCUT2D eigenvalue weighted by Crippen LogP contribution is 2.41. The van der Waals surface area contributed by atoms with Gasteiger partial charge < -0.3 is 4.74 Å². The third-order valence-corrected chi connectivity index (χ3v) is 5.51. The van der Waals surface area contributed by atoms with Crippen LogP contribution in [0.3, 0.4) is 0 Å². The molecule has 1 N–H and O–H groups in total. The number of carbonyl (C=O) groups is 1. The average molecular weight is 448 g/mol. The molecule has 2 aromatic heterocycles. The van der Waals surface area contributed by atoms with Gasteiger partial charge in [0.05, 0.1) is 22.5 Å². The minimum atomic E-state index is -0.697. The molecule has 0 unspecified atom stereocenters. The molecule has 4 aromatic rings. The number of ether oxygens (including phenoxy) is 1. The fourth-order valence-electron chi connectivity index (χ4n) is 3.93. The van der Waals surface area contributed by atoms with Crippen LogP contribution < -0.4 is 0 Å². The molecule has 1 atom stereocenters. The number of aromatic amines is 1. The molecule has 0 saturated heterocycles. The Hall–Kier alpha value is -3.02. The van der Waals surface area contributed by atoms with E-state index in [0.717, 1.165) is 44.5 Å². The third-order valence-electron chi connectivity index (χ3n) is 5.25. The number of fused-ring (bicyclic) bond motifs is 1. The summed E-state index contributed by atoms with van der Waals surface area (Å²) in [7, 11) is 0. The van der Waals surface area contributed by atoms with Crippen LogP contribution in [0.5, 0.6) is 0 Å². The van der Waals surface area contributed by atoms with Crippen molar-refractivity contribution in [3.05, 3.63) is 70.9 Å². The molecule has 5 nitrogen and oxygen atoms in total. The van der Waals surface area contributed by atoms with Gasteiger partial charge in [0.2, 0.25) is 0 Å². The summed E-state index contributed by atoms with van der Waals surface area (Å²) in [6.07, 6.45) is 1.01. The van der Waals surface area contributed by atoms with Gasteiger partial charge in [-0.05, 0) is 93.3 Å². The van der Waals surface area contributed by atoms with Gasteiger partial charge in [-0.15, -0.1) is 0 Å². The van der Waals surface area contributed by atoms with Gasteiger partial charge in [-0.25, -0.2) is 4.98 Å². The van der Waals surface area contributed by atoms with E-state index in [4.69, 9.17) is 21.3 Å². The Labute approximate surface area is 192 Å². The Morgan fingerprint density at radius 2 is 1.81 bits per heavy atom. The highest BCUT2D eigenvalue weighted by molar-refractivity contribution is 6.30. The Kier molecular flexibility index (Phi) is 5.89. The summed E-state index contributed by atoms with van der Waals surface area (Å²) in [5, 5.41) is 8.59. The number of halogens is 1. The van der Waals surface area contributed by atoms with E-state index in [-0.39, 0.29) is 5.78 Å². The molecule has 0 bridgehead atoms. The van der Waals surface area contributed by atoms with E-state index in [1.165, 1.54) is 0 Å². The van der Waals surface area contributed by atoms with Crippen LogP contribution in [0, 0.1) is 6.92 Å². The number of nitrogens with one attached hydrogen (secondary N) is 1. The minimum Gasteiger partial charge on any atom is -0.360 e. The summed E-state index contributed by atoms with van der Waals surface area (Å²) in [6, 6.07) is 15.6. The smallest absolute Gasteiger partial charge is 0.163 e. The Balaban J connectivity index is 2.03. The molecule has 0 spiro atoms. The molecule has 0 aliphatic carbocycles. The molecule has 0 aliphatic heterocycles. The second-order valence-electron chi connectivity index (χ2n) is 8.94. The van der Waals surface area contributed by atoms with Crippen molar-refractivity contribution < 1.29 is 9.53 Å². The van der Waals surface area contributed by atoms with E-state index in [0.29, 0.717) is 5.02 Å². The Bertz CT molecular complexity index is 1270. The topological polar surface area (TPSA) is 67.9 Å². The summed E-state index contributed by atoms with van der Waals surface area (Å²) in [5.41, 5.74) is 5.69. The first-order valence-corrected chi connectivity index (χ1v) is 10.9. The molecule has 32 heavy (non-hydrogen) atoms. The number of aromatic nitrogens is 3. The van der Waals surface area contributed by atoms with E-state index in [1.807, 2.05) is 76.2 Å². The van der Waals surface area contributed by atoms with Crippen LogP contribution >= 0.6 is 11.6 Å². The summed E-state index contributed by atoms with van der Waals surface area (Å²) in [4.78, 5) is 17.7. The molecule has 4 rings (SSSR count). The maximum atomic E-state index is 12.8. The summed E-state index contributed by atoms with van der Waals surface area (Å²) in [5.74, 6) is -0.0420. The number of pyridine rings is 1. The number of ketones is 1. The fourth-order valence-corrected chi connectivity index (χ4v) is 4.06. The number of Topliss-reactive ketones (excluding diaryl/α,β-unsaturated/α-hetero) is 1. The maximum Gasteiger partial charge on any atom is 0.163 e. The molecular formula is C26H26ClN3O2. The van der Waals surface area contributed by atoms with E-state index in [9.17, 15) is 4.79 Å². The molecule has 2 aromatic carbocycles. The predicted molar refractivity (Wildman–Crippen MR) is 129 cm³/mol. The van der Waals surface area contributed by atoms with Crippen molar-refractivity contribution in [2.24, 2.45) is 0 Å². The lowest BCUT2D eigenvalue weighted by molar-refractivity contribution is -0.138. The van der Waals surface area contributed by atoms with Crippen LogP contribution in [0.15, 0.2) is 54.7 Å². The van der Waals surface area contributed by atoms with Gasteiger partial charge >= 0.3 is 0 Å². The van der Waals surface area contributed by atoms with Gasteiger partial charge in [-0.3, -0.25) is 9.89 Å². The van der Waals surface area contributed by atoms with E-state index < -0.39 is 11.7 Å². The molecule has 0 aliphatic rings. The Morgan fingerprint density at radius 3 is 2.41 bits per heavy atom. The SMILES string of the molecule is CC(=O)[C@@H](OC(C)(C)C)c1c(C)cc2nc(-c3ccn[nH]3)ccc2c1-c1ccc(Cl)cc1. The third kappa shape index (κ3) is 4.45. The predicted octanol–water partition coefficient (Wildman–Crippen LogP) is 6.70. The first kappa shape index (κ1) is 22.2. The second kappa shape index (κ2) is 8.49. The van der Waals surface area contributed by atoms with Gasteiger partial charge in [0.15, 0.2) is 5.78 Å². The van der Waals surface area contributed by atoms with E-state index >= 15 is 0 Å². The number of hydrogen-bond acceptors (Lipinski definition) is 4. The van der Waals surface area contributed by atoms with Gasteiger partial charge in [-0.1, -0.05) is 23.7 Å². The number of nitrogens with zero attached hydrogens (tertiary/aromatic N) is 2. The molecule has 2 heterocycles. The maximum absolute atomic E-state index is 12.8. The number of hydrogen-bond donors (Lipinski definition) is 1. The standard InChI is InChI=1S/C26H26ClN3O2/c1-15-14-22-19(10-11-20(29-22)21-12-13-28-30-21)24(17-6-8-18(27)9-7-17)23(15)25(16(2)31)32-26(3,4)5/h6-14,25H,1-5H3,(H,28,30)/t25-/m1/s1. The minimum absolute atomic E-state index is 0.0420. The quantitative estimate of drug-likeness (QED) is 0.369. The summed E-state index contributed by atoms with van der Waals surface area (Å²) in [6.45, 7) is 9.45. The molecule has 0 fully saturated rings. The van der Waals surface area contributed by atoms with Crippen LogP contribution in [0.4, 0.5) is 0 Å². The lowest BCUT2D eigenvalue weighted by Gasteiger charge is -2.29. The molecule has 6 heteroatoms. The average Bonchev–Trinajstić information content (AvgIpc) is 3.26. The fraction of sp³-hybridized carbons (Fsp3) is 0.269. The van der Waals surface area contributed by atoms with Crippen molar-refractivity contribution >= 4 is 28.3 Å². The highest BCUT2D eigenvalue weighted by atomic mass is 35.5. The van der Waals surface area contributed by atoms with Crippen molar-refractivity contribution in [3.63, 3.8) is 0 Å². The molecular weight excluding hydrogens is 422 g/mol. The van der Waals surface area contributed by atoms with E-state index in [1.54, 1.807) is 13.1 Å². The Morgan fingerprint density at radius 1 is 1.09 bits per heavy atom. The second-order valence-corrected chi connectivity index (χ2v) is 9.38. The molecule has 0 saturated carbocycles. The monoisotopic (exact) mass is 447 g/mol. The number of H-pyrrole nitrogens is 1. The number of benzene rings is 2. The first-order valence-electron chi connectivity index (χ1n) is 10.5. The summed E-state index contributed by atoms with van der Waals surface area (Å²) >= 11 is 6.17. The normalized spacial score (nSPS) is 12.8. The zero-order chi connectivity index (χ0) is 23.0. The van der Waals surface area contributed by atoms with Crippen LogP contribution in [0.2, 0.25) is 5.02 Å². The largest absolute Gasteiger partial charge is 0.360 e. The zero-order valence-corrected chi connectivity index (χ0v) is 19.6.